The molecule has 3 rings (SSSR count). The van der Waals surface area contributed by atoms with E-state index in [0.29, 0.717) is 11.3 Å². The van der Waals surface area contributed by atoms with Crippen LogP contribution in [0.4, 0.5) is 5.95 Å². The molecule has 100 valence electrons. The van der Waals surface area contributed by atoms with Gasteiger partial charge < -0.3 is 15.2 Å². The second-order valence-electron chi connectivity index (χ2n) is 3.90. The number of hydrogen-bond donors (Lipinski definition) is 1. The Morgan fingerprint density at radius 2 is 1.80 bits per heavy atom. The van der Waals surface area contributed by atoms with Crippen molar-refractivity contribution >= 4 is 16.9 Å². The number of fused-ring (bicyclic) bond motifs is 1. The number of anilines is 1. The number of rotatable bonds is 3. The normalized spacial score (nSPS) is 10.4. The van der Waals surface area contributed by atoms with Crippen molar-refractivity contribution in [2.75, 3.05) is 12.8 Å². The second-order valence-corrected chi connectivity index (χ2v) is 3.90. The molecule has 0 aliphatic carbocycles. The molecule has 0 saturated carbocycles. The number of nitrogens with zero attached hydrogens (tertiary/aromatic N) is 4. The Balaban J connectivity index is 2.03. The number of aromatic nitrogens is 4. The highest BCUT2D eigenvalue weighted by molar-refractivity contribution is 5.84. The molecule has 0 aliphatic rings. The summed E-state index contributed by atoms with van der Waals surface area (Å²) in [5, 5.41) is 0.957. The largest absolute Gasteiger partial charge is 0.467 e. The van der Waals surface area contributed by atoms with Crippen molar-refractivity contribution in [1.29, 1.82) is 0 Å². The van der Waals surface area contributed by atoms with Crippen LogP contribution in [0, 0.1) is 0 Å². The van der Waals surface area contributed by atoms with Crippen molar-refractivity contribution in [2.45, 2.75) is 0 Å². The third kappa shape index (κ3) is 2.28. The first-order chi connectivity index (χ1) is 9.76. The van der Waals surface area contributed by atoms with E-state index in [1.165, 1.54) is 7.11 Å². The Morgan fingerprint density at radius 1 is 1.00 bits per heavy atom. The van der Waals surface area contributed by atoms with E-state index in [-0.39, 0.29) is 18.0 Å². The molecule has 2 N–H and O–H groups in total. The fourth-order valence-corrected chi connectivity index (χ4v) is 1.75. The molecule has 0 spiro atoms. The Morgan fingerprint density at radius 3 is 2.65 bits per heavy atom. The molecule has 2 aromatic heterocycles. The van der Waals surface area contributed by atoms with Crippen molar-refractivity contribution in [3.05, 3.63) is 36.5 Å². The summed E-state index contributed by atoms with van der Waals surface area (Å²) in [6, 6.07) is 9.54. The average Bonchev–Trinajstić information content (AvgIpc) is 2.47. The fourth-order valence-electron chi connectivity index (χ4n) is 1.75. The number of pyridine rings is 1. The van der Waals surface area contributed by atoms with Gasteiger partial charge in [0.2, 0.25) is 5.95 Å². The van der Waals surface area contributed by atoms with Crippen molar-refractivity contribution < 1.29 is 9.47 Å². The van der Waals surface area contributed by atoms with Crippen LogP contribution < -0.4 is 15.2 Å². The van der Waals surface area contributed by atoms with Crippen molar-refractivity contribution in [1.82, 2.24) is 19.9 Å². The van der Waals surface area contributed by atoms with Gasteiger partial charge in [0.1, 0.15) is 5.52 Å². The molecule has 0 aliphatic heterocycles. The topological polar surface area (TPSA) is 96.0 Å². The summed E-state index contributed by atoms with van der Waals surface area (Å²) in [5.74, 6) is 0.566. The summed E-state index contributed by atoms with van der Waals surface area (Å²) in [6.45, 7) is 0. The molecule has 7 nitrogen and oxygen atoms in total. The minimum absolute atomic E-state index is 0.0278. The zero-order valence-corrected chi connectivity index (χ0v) is 10.6. The van der Waals surface area contributed by atoms with Gasteiger partial charge in [-0.15, -0.1) is 4.98 Å². The lowest BCUT2D eigenvalue weighted by Crippen LogP contribution is -2.03. The molecule has 0 radical (unpaired) electrons. The molecule has 0 bridgehead atoms. The second kappa shape index (κ2) is 4.96. The molecule has 0 saturated heterocycles. The summed E-state index contributed by atoms with van der Waals surface area (Å²) >= 11 is 0. The molecule has 0 atom stereocenters. The summed E-state index contributed by atoms with van der Waals surface area (Å²) in [4.78, 5) is 16.0. The standard InChI is InChI=1S/C13H11N5O2/c1-19-12-16-11(14)17-13(18-12)20-9-6-2-4-8-5-3-7-15-10(8)9/h2-7H,1H3,(H2,14,16,17,18). The molecule has 0 unspecified atom stereocenters. The molecule has 20 heavy (non-hydrogen) atoms. The number of nitrogen functional groups attached to an aromatic ring is 1. The number of hydrogen-bond acceptors (Lipinski definition) is 7. The highest BCUT2D eigenvalue weighted by atomic mass is 16.5. The van der Waals surface area contributed by atoms with Crippen molar-refractivity contribution in [2.24, 2.45) is 0 Å². The van der Waals surface area contributed by atoms with Gasteiger partial charge in [-0.1, -0.05) is 18.2 Å². The van der Waals surface area contributed by atoms with E-state index in [2.05, 4.69) is 19.9 Å². The lowest BCUT2D eigenvalue weighted by Gasteiger charge is -2.07. The van der Waals surface area contributed by atoms with Crippen LogP contribution in [-0.4, -0.2) is 27.0 Å². The SMILES string of the molecule is COc1nc(N)nc(Oc2cccc3cccnc23)n1. The highest BCUT2D eigenvalue weighted by Crippen LogP contribution is 2.27. The summed E-state index contributed by atoms with van der Waals surface area (Å²) < 4.78 is 10.6. The molecule has 1 aromatic carbocycles. The van der Waals surface area contributed by atoms with E-state index in [9.17, 15) is 0 Å². The molecule has 2 heterocycles. The quantitative estimate of drug-likeness (QED) is 0.774. The Kier molecular flexibility index (Phi) is 3.00. The van der Waals surface area contributed by atoms with Gasteiger partial charge in [-0.2, -0.15) is 9.97 Å². The lowest BCUT2D eigenvalue weighted by atomic mass is 10.2. The number of benzene rings is 1. The van der Waals surface area contributed by atoms with Crippen LogP contribution in [0.15, 0.2) is 36.5 Å². The van der Waals surface area contributed by atoms with Gasteiger partial charge in [0.15, 0.2) is 5.75 Å². The molecule has 0 amide bonds. The molecule has 0 fully saturated rings. The minimum Gasteiger partial charge on any atom is -0.467 e. The van der Waals surface area contributed by atoms with Gasteiger partial charge in [0.25, 0.3) is 0 Å². The van der Waals surface area contributed by atoms with Gasteiger partial charge in [-0.25, -0.2) is 0 Å². The summed E-state index contributed by atoms with van der Waals surface area (Å²) in [7, 11) is 1.44. The van der Waals surface area contributed by atoms with E-state index in [0.717, 1.165) is 5.39 Å². The maximum atomic E-state index is 5.63. The van der Waals surface area contributed by atoms with E-state index in [4.69, 9.17) is 15.2 Å². The Labute approximate surface area is 114 Å². The van der Waals surface area contributed by atoms with Crippen LogP contribution in [0.2, 0.25) is 0 Å². The van der Waals surface area contributed by atoms with Gasteiger partial charge in [-0.3, -0.25) is 4.98 Å². The zero-order valence-electron chi connectivity index (χ0n) is 10.6. The summed E-state index contributed by atoms with van der Waals surface area (Å²) in [6.07, 6.45) is 1.69. The van der Waals surface area contributed by atoms with Gasteiger partial charge >= 0.3 is 12.0 Å². The van der Waals surface area contributed by atoms with Gasteiger partial charge in [0.05, 0.1) is 7.11 Å². The lowest BCUT2D eigenvalue weighted by molar-refractivity contribution is 0.361. The predicted molar refractivity (Wildman–Crippen MR) is 72.6 cm³/mol. The summed E-state index contributed by atoms with van der Waals surface area (Å²) in [5.41, 5.74) is 6.28. The molecule has 3 aromatic rings. The van der Waals surface area contributed by atoms with Crippen LogP contribution >= 0.6 is 0 Å². The van der Waals surface area contributed by atoms with Gasteiger partial charge in [-0.05, 0) is 12.1 Å². The van der Waals surface area contributed by atoms with E-state index in [1.807, 2.05) is 24.3 Å². The Hall–Kier alpha value is -2.96. The zero-order chi connectivity index (χ0) is 13.9. The third-order valence-corrected chi connectivity index (χ3v) is 2.59. The number of ether oxygens (including phenoxy) is 2. The number of methoxy groups -OCH3 is 1. The number of para-hydroxylation sites is 1. The fraction of sp³-hybridized carbons (Fsp3) is 0.0769. The average molecular weight is 269 g/mol. The monoisotopic (exact) mass is 269 g/mol. The molecule has 7 heteroatoms. The highest BCUT2D eigenvalue weighted by Gasteiger charge is 2.09. The predicted octanol–water partition coefficient (Wildman–Crippen LogP) is 1.80. The van der Waals surface area contributed by atoms with E-state index < -0.39 is 0 Å². The van der Waals surface area contributed by atoms with Crippen LogP contribution in [-0.2, 0) is 0 Å². The first-order valence-corrected chi connectivity index (χ1v) is 5.83. The van der Waals surface area contributed by atoms with E-state index >= 15 is 0 Å². The van der Waals surface area contributed by atoms with Crippen LogP contribution in [0.25, 0.3) is 10.9 Å². The van der Waals surface area contributed by atoms with Crippen molar-refractivity contribution in [3.63, 3.8) is 0 Å². The maximum absolute atomic E-state index is 5.63. The van der Waals surface area contributed by atoms with Crippen LogP contribution in [0.5, 0.6) is 17.8 Å². The molecular formula is C13H11N5O2. The van der Waals surface area contributed by atoms with Gasteiger partial charge in [0, 0.05) is 11.6 Å². The van der Waals surface area contributed by atoms with E-state index in [1.54, 1.807) is 12.3 Å². The minimum atomic E-state index is 0.0278. The molecular weight excluding hydrogens is 258 g/mol. The van der Waals surface area contributed by atoms with Crippen LogP contribution in [0.3, 0.4) is 0 Å². The third-order valence-electron chi connectivity index (χ3n) is 2.59. The first kappa shape index (κ1) is 12.1. The maximum Gasteiger partial charge on any atom is 0.330 e. The Bertz CT molecular complexity index is 757. The van der Waals surface area contributed by atoms with Crippen LogP contribution in [0.1, 0.15) is 0 Å². The smallest absolute Gasteiger partial charge is 0.330 e. The first-order valence-electron chi connectivity index (χ1n) is 5.83. The van der Waals surface area contributed by atoms with Crippen molar-refractivity contribution in [3.8, 4) is 17.8 Å². The number of nitrogens with two attached hydrogens (primary N) is 1.